The number of carbonyl (C=O) groups excluding carboxylic acids is 2. The summed E-state index contributed by atoms with van der Waals surface area (Å²) in [6.07, 6.45) is 5.62. The van der Waals surface area contributed by atoms with Crippen molar-refractivity contribution in [2.75, 3.05) is 30.5 Å². The van der Waals surface area contributed by atoms with Gasteiger partial charge in [-0.25, -0.2) is 9.78 Å². The van der Waals surface area contributed by atoms with Crippen molar-refractivity contribution in [2.24, 2.45) is 5.16 Å². The van der Waals surface area contributed by atoms with E-state index in [0.717, 1.165) is 21.9 Å². The quantitative estimate of drug-likeness (QED) is 0.0794. The number of β-lactam (4-membered cyclic amide) rings is 1. The Hall–Kier alpha value is -3.60. The number of thiazole rings is 1. The molecule has 2 amide bonds. The zero-order valence-corrected chi connectivity index (χ0v) is 23.7. The lowest BCUT2D eigenvalue weighted by atomic mass is 10.0. The first-order valence-electron chi connectivity index (χ1n) is 12.2. The Morgan fingerprint density at radius 3 is 2.92 bits per heavy atom. The molecule has 3 aromatic rings. The van der Waals surface area contributed by atoms with Gasteiger partial charge >= 0.3 is 5.97 Å². The molecule has 0 spiro atoms. The number of oxime groups is 1. The fourth-order valence-electron chi connectivity index (χ4n) is 4.41. The zero-order valence-electron chi connectivity index (χ0n) is 21.2. The number of carbonyl (C=O) groups is 3. The van der Waals surface area contributed by atoms with Crippen molar-refractivity contribution in [2.45, 2.75) is 29.9 Å². The van der Waals surface area contributed by atoms with Crippen molar-refractivity contribution >= 4 is 69.0 Å². The van der Waals surface area contributed by atoms with E-state index in [1.54, 1.807) is 12.3 Å². The fraction of sp³-hybridized carbons (Fsp3) is 0.333. The summed E-state index contributed by atoms with van der Waals surface area (Å²) >= 11 is 4.05. The molecule has 2 atom stereocenters. The van der Waals surface area contributed by atoms with E-state index in [0.29, 0.717) is 17.1 Å². The molecule has 2 aliphatic heterocycles. The average Bonchev–Trinajstić information content (AvgIpc) is 3.55. The second-order valence-corrected chi connectivity index (χ2v) is 11.8. The van der Waals surface area contributed by atoms with Gasteiger partial charge in [0, 0.05) is 22.5 Å². The Morgan fingerprint density at radius 2 is 2.23 bits per heavy atom. The molecular formula is C24H26N7O6S3+. The number of fused-ring (bicyclic) bond motifs is 2. The van der Waals surface area contributed by atoms with Crippen LogP contribution in [-0.4, -0.2) is 84.1 Å². The summed E-state index contributed by atoms with van der Waals surface area (Å²) in [4.78, 5) is 48.9. The van der Waals surface area contributed by atoms with Crippen molar-refractivity contribution in [3.8, 4) is 0 Å². The van der Waals surface area contributed by atoms with Crippen molar-refractivity contribution in [3.63, 3.8) is 0 Å². The number of aliphatic hydroxyl groups excluding tert-OH is 1. The highest BCUT2D eigenvalue weighted by molar-refractivity contribution is 8.00. The molecule has 16 heteroatoms. The molecule has 5 N–H and O–H groups in total. The number of thioether (sulfide) groups is 2. The molecule has 5 rings (SSSR count). The van der Waals surface area contributed by atoms with Gasteiger partial charge < -0.3 is 30.5 Å². The molecule has 0 saturated carbocycles. The Bertz CT molecular complexity index is 1530. The van der Waals surface area contributed by atoms with Crippen LogP contribution in [0.15, 0.2) is 57.6 Å². The summed E-state index contributed by atoms with van der Waals surface area (Å²) in [6, 6.07) is 2.98. The number of anilines is 1. The van der Waals surface area contributed by atoms with E-state index >= 15 is 0 Å². The van der Waals surface area contributed by atoms with E-state index in [2.05, 4.69) is 15.5 Å². The first kappa shape index (κ1) is 27.9. The van der Waals surface area contributed by atoms with E-state index in [1.807, 2.05) is 39.7 Å². The van der Waals surface area contributed by atoms with Gasteiger partial charge in [-0.05, 0) is 19.1 Å². The first-order chi connectivity index (χ1) is 19.3. The summed E-state index contributed by atoms with van der Waals surface area (Å²) < 4.78 is 3.86. The van der Waals surface area contributed by atoms with Crippen LogP contribution in [0.4, 0.5) is 5.13 Å². The normalized spacial score (nSPS) is 19.0. The van der Waals surface area contributed by atoms with Gasteiger partial charge in [-0.2, -0.15) is 4.57 Å². The predicted molar refractivity (Wildman–Crippen MR) is 150 cm³/mol. The predicted octanol–water partition coefficient (Wildman–Crippen LogP) is 0.529. The third-order valence-corrected chi connectivity index (χ3v) is 9.16. The van der Waals surface area contributed by atoms with Gasteiger partial charge in [-0.1, -0.05) is 5.16 Å². The monoisotopic (exact) mass is 604 g/mol. The highest BCUT2D eigenvalue weighted by atomic mass is 32.2. The number of nitrogen functional groups attached to an aromatic ring is 1. The molecule has 5 heterocycles. The smallest absolute Gasteiger partial charge is 0.352 e. The Balaban J connectivity index is 1.33. The third kappa shape index (κ3) is 5.39. The number of amides is 2. The van der Waals surface area contributed by atoms with E-state index in [4.69, 9.17) is 15.7 Å². The molecule has 3 aromatic heterocycles. The molecule has 2 aliphatic rings. The van der Waals surface area contributed by atoms with Gasteiger partial charge in [0.1, 0.15) is 34.9 Å². The maximum absolute atomic E-state index is 13.2. The van der Waals surface area contributed by atoms with Crippen molar-refractivity contribution in [3.05, 3.63) is 53.1 Å². The lowest BCUT2D eigenvalue weighted by Crippen LogP contribution is -2.71. The summed E-state index contributed by atoms with van der Waals surface area (Å²) in [6.45, 7) is 2.29. The zero-order chi connectivity index (χ0) is 28.4. The van der Waals surface area contributed by atoms with Crippen LogP contribution in [0.2, 0.25) is 0 Å². The summed E-state index contributed by atoms with van der Waals surface area (Å²) in [5, 5.41) is 27.9. The maximum Gasteiger partial charge on any atom is 0.352 e. The van der Waals surface area contributed by atoms with Crippen LogP contribution >= 0.6 is 34.9 Å². The number of aliphatic hydroxyl groups is 1. The standard InChI is InChI=1S/C24H25N7O6S3/c1-2-37-28-17(15-12-40-24(25)26-15)20(33)27-18-21(34)31-19(23(35)36)13(11-39-22(18)31)9-29-5-6-30-14(10-29)3-4-16(30)38-8-7-32/h3-6,10,12,18,22,32H,2,7-9,11H2,1H3,(H3-,25,26,27,33,35,36)/p+1/b28-17-/t18-,22+/m1/s1. The van der Waals surface area contributed by atoms with Crippen LogP contribution in [0.25, 0.3) is 5.52 Å². The number of carboxylic acids is 1. The summed E-state index contributed by atoms with van der Waals surface area (Å²) in [5.41, 5.74) is 7.22. The SMILES string of the molecule is CCO/N=C(\C(=O)N[C@@H]1C(=O)N2C(C(=O)O)=C(C[n+]3ccn4c(SCCO)ccc4c3)CS[C@@H]12)c1csc(N)n1. The Kier molecular flexibility index (Phi) is 8.30. The van der Waals surface area contributed by atoms with Crippen LogP contribution < -0.4 is 15.6 Å². The number of nitrogens with one attached hydrogen (secondary N) is 1. The van der Waals surface area contributed by atoms with Crippen molar-refractivity contribution in [1.82, 2.24) is 19.6 Å². The van der Waals surface area contributed by atoms with Crippen LogP contribution in [0.3, 0.4) is 0 Å². The van der Waals surface area contributed by atoms with Gasteiger partial charge in [-0.3, -0.25) is 14.5 Å². The number of hydrogen-bond acceptors (Lipinski definition) is 11. The van der Waals surface area contributed by atoms with E-state index in [9.17, 15) is 19.5 Å². The topological polar surface area (TPSA) is 176 Å². The number of hydrogen-bond donors (Lipinski definition) is 4. The summed E-state index contributed by atoms with van der Waals surface area (Å²) in [5.74, 6) is -1.45. The molecule has 40 heavy (non-hydrogen) atoms. The molecule has 1 fully saturated rings. The van der Waals surface area contributed by atoms with Gasteiger partial charge in [0.15, 0.2) is 29.8 Å². The molecular weight excluding hydrogens is 579 g/mol. The highest BCUT2D eigenvalue weighted by Gasteiger charge is 2.54. The molecule has 0 aromatic carbocycles. The third-order valence-electron chi connectivity index (χ3n) is 6.13. The Morgan fingerprint density at radius 1 is 1.40 bits per heavy atom. The number of aromatic nitrogens is 3. The number of rotatable bonds is 11. The maximum atomic E-state index is 13.2. The largest absolute Gasteiger partial charge is 0.477 e. The molecule has 0 bridgehead atoms. The number of carboxylic acid groups (broad SMARTS) is 1. The minimum Gasteiger partial charge on any atom is -0.477 e. The molecule has 13 nitrogen and oxygen atoms in total. The van der Waals surface area contributed by atoms with E-state index in [-0.39, 0.29) is 42.0 Å². The van der Waals surface area contributed by atoms with Crippen LogP contribution in [0.1, 0.15) is 12.6 Å². The van der Waals surface area contributed by atoms with Crippen molar-refractivity contribution < 1.29 is 34.0 Å². The molecule has 0 aliphatic carbocycles. The van der Waals surface area contributed by atoms with Crippen LogP contribution in [0, 0.1) is 0 Å². The van der Waals surface area contributed by atoms with Crippen molar-refractivity contribution in [1.29, 1.82) is 0 Å². The molecule has 210 valence electrons. The average molecular weight is 605 g/mol. The fourth-order valence-corrected chi connectivity index (χ4v) is 7.06. The van der Waals surface area contributed by atoms with Crippen LogP contribution in [-0.2, 0) is 25.8 Å². The van der Waals surface area contributed by atoms with Gasteiger partial charge in [0.2, 0.25) is 0 Å². The number of nitrogens with two attached hydrogens (primary N) is 1. The second kappa shape index (κ2) is 11.9. The minimum absolute atomic E-state index is 0.0725. The number of aliphatic carboxylic acids is 1. The van der Waals surface area contributed by atoms with E-state index < -0.39 is 29.2 Å². The summed E-state index contributed by atoms with van der Waals surface area (Å²) in [7, 11) is 0. The first-order valence-corrected chi connectivity index (χ1v) is 15.1. The Labute approximate surface area is 240 Å². The lowest BCUT2D eigenvalue weighted by Gasteiger charge is -2.49. The van der Waals surface area contributed by atoms with Crippen LogP contribution in [0.5, 0.6) is 0 Å². The second-order valence-electron chi connectivity index (χ2n) is 8.68. The van der Waals surface area contributed by atoms with Gasteiger partial charge in [-0.15, -0.1) is 34.9 Å². The highest BCUT2D eigenvalue weighted by Crippen LogP contribution is 2.40. The molecule has 0 unspecified atom stereocenters. The van der Waals surface area contributed by atoms with Gasteiger partial charge in [0.05, 0.1) is 17.8 Å². The number of nitrogens with zero attached hydrogens (tertiary/aromatic N) is 5. The molecule has 0 radical (unpaired) electrons. The lowest BCUT2D eigenvalue weighted by molar-refractivity contribution is -0.688. The van der Waals surface area contributed by atoms with E-state index in [1.165, 1.54) is 28.4 Å². The van der Waals surface area contributed by atoms with Gasteiger partial charge in [0.25, 0.3) is 11.8 Å². The molecule has 1 saturated heterocycles. The minimum atomic E-state index is -1.21.